The summed E-state index contributed by atoms with van der Waals surface area (Å²) in [7, 11) is 0. The van der Waals surface area contributed by atoms with Gasteiger partial charge in [0.25, 0.3) is 0 Å². The third-order valence-electron chi connectivity index (χ3n) is 1.78. The van der Waals surface area contributed by atoms with Crippen LogP contribution in [-0.2, 0) is 4.46 Å². The highest BCUT2D eigenvalue weighted by atomic mass is 35.5. The summed E-state index contributed by atoms with van der Waals surface area (Å²) in [6.45, 7) is 0. The lowest BCUT2D eigenvalue weighted by Gasteiger charge is -2.03. The van der Waals surface area contributed by atoms with Crippen molar-refractivity contribution in [2.75, 3.05) is 0 Å². The summed E-state index contributed by atoms with van der Waals surface area (Å²) < 4.78 is 2.73. The van der Waals surface area contributed by atoms with Gasteiger partial charge >= 0.3 is 10.3 Å². The Hall–Kier alpha value is -1.33. The van der Waals surface area contributed by atoms with E-state index in [0.717, 1.165) is 0 Å². The molecular formula is C8H4Cl2N2O3. The number of nitro groups is 1. The topological polar surface area (TPSA) is 69.2 Å². The number of fused-ring (bicyclic) bond motifs is 1. The van der Waals surface area contributed by atoms with E-state index < -0.39 is 9.38 Å². The summed E-state index contributed by atoms with van der Waals surface area (Å²) in [5.41, 5.74) is 0.875. The van der Waals surface area contributed by atoms with Gasteiger partial charge in [0, 0.05) is 0 Å². The monoisotopic (exact) mass is 246 g/mol. The number of halogens is 2. The Bertz CT molecular complexity index is 490. The number of nitrogens with zero attached hydrogens (tertiary/aromatic N) is 2. The molecule has 0 N–H and O–H groups in total. The summed E-state index contributed by atoms with van der Waals surface area (Å²) in [5, 5.41) is 10.5. The van der Waals surface area contributed by atoms with Crippen molar-refractivity contribution >= 4 is 34.3 Å². The minimum absolute atomic E-state index is 0.336. The number of para-hydroxylation sites is 2. The highest BCUT2D eigenvalue weighted by Gasteiger charge is 2.46. The molecule has 7 heteroatoms. The van der Waals surface area contributed by atoms with Crippen LogP contribution in [0.15, 0.2) is 28.7 Å². The molecule has 0 radical (unpaired) electrons. The average Bonchev–Trinajstić information content (AvgIpc) is 2.61. The smallest absolute Gasteiger partial charge is 0.432 e. The summed E-state index contributed by atoms with van der Waals surface area (Å²) in [5.74, 6) is -0.336. The van der Waals surface area contributed by atoms with Gasteiger partial charge in [-0.1, -0.05) is 12.1 Å². The quantitative estimate of drug-likeness (QED) is 0.354. The Balaban J connectivity index is 2.58. The largest absolute Gasteiger partial charge is 0.446 e. The molecule has 0 aliphatic rings. The predicted octanol–water partition coefficient (Wildman–Crippen LogP) is 2.69. The molecule has 0 aliphatic carbocycles. The standard InChI is InChI=1S/C8H4Cl2N2O3/c9-8(10,12(13)14)7-11-5-3-1-2-4-6(5)15-7/h1-4H. The Morgan fingerprint density at radius 1 is 1.40 bits per heavy atom. The SMILES string of the molecule is O=[N+]([O-])C(Cl)(Cl)c1nc2ccccc2o1. The maximum atomic E-state index is 10.5. The fourth-order valence-electron chi connectivity index (χ4n) is 1.08. The van der Waals surface area contributed by atoms with E-state index in [1.807, 2.05) is 0 Å². The van der Waals surface area contributed by atoms with Crippen molar-refractivity contribution in [3.63, 3.8) is 0 Å². The number of alkyl halides is 2. The van der Waals surface area contributed by atoms with E-state index in [-0.39, 0.29) is 5.89 Å². The molecule has 0 fully saturated rings. The van der Waals surface area contributed by atoms with Crippen LogP contribution in [0.4, 0.5) is 0 Å². The highest BCUT2D eigenvalue weighted by Crippen LogP contribution is 2.35. The van der Waals surface area contributed by atoms with E-state index in [1.54, 1.807) is 24.3 Å². The molecule has 0 atom stereocenters. The number of hydrogen-bond donors (Lipinski definition) is 0. The minimum Gasteiger partial charge on any atom is -0.432 e. The van der Waals surface area contributed by atoms with Gasteiger partial charge < -0.3 is 4.42 Å². The molecule has 5 nitrogen and oxygen atoms in total. The van der Waals surface area contributed by atoms with Crippen molar-refractivity contribution in [1.29, 1.82) is 0 Å². The number of oxazole rings is 1. The van der Waals surface area contributed by atoms with E-state index in [9.17, 15) is 10.1 Å². The van der Waals surface area contributed by atoms with Crippen LogP contribution in [0.1, 0.15) is 5.89 Å². The molecule has 0 aliphatic heterocycles. The third kappa shape index (κ3) is 1.64. The molecular weight excluding hydrogens is 243 g/mol. The zero-order chi connectivity index (χ0) is 11.1. The van der Waals surface area contributed by atoms with Gasteiger partial charge in [0.15, 0.2) is 5.58 Å². The van der Waals surface area contributed by atoms with Crippen molar-refractivity contribution in [1.82, 2.24) is 4.98 Å². The van der Waals surface area contributed by atoms with Crippen molar-refractivity contribution < 1.29 is 9.34 Å². The molecule has 2 rings (SSSR count). The number of hydrogen-bond acceptors (Lipinski definition) is 4. The maximum absolute atomic E-state index is 10.5. The van der Waals surface area contributed by atoms with Crippen molar-refractivity contribution in [2.45, 2.75) is 4.46 Å². The molecule has 2 aromatic rings. The highest BCUT2D eigenvalue weighted by molar-refractivity contribution is 6.46. The van der Waals surface area contributed by atoms with Crippen molar-refractivity contribution in [3.8, 4) is 0 Å². The van der Waals surface area contributed by atoms with Crippen molar-refractivity contribution in [2.24, 2.45) is 0 Å². The number of aromatic nitrogens is 1. The second kappa shape index (κ2) is 3.36. The minimum atomic E-state index is -2.35. The average molecular weight is 247 g/mol. The van der Waals surface area contributed by atoms with E-state index in [1.165, 1.54) is 0 Å². The molecule has 0 saturated carbocycles. The van der Waals surface area contributed by atoms with E-state index in [2.05, 4.69) is 4.98 Å². The molecule has 0 spiro atoms. The van der Waals surface area contributed by atoms with Gasteiger partial charge in [0.05, 0.1) is 4.92 Å². The first-order valence-electron chi connectivity index (χ1n) is 3.90. The third-order valence-corrected chi connectivity index (χ3v) is 2.38. The maximum Gasteiger partial charge on any atom is 0.446 e. The predicted molar refractivity (Wildman–Crippen MR) is 54.4 cm³/mol. The molecule has 15 heavy (non-hydrogen) atoms. The van der Waals surface area contributed by atoms with E-state index in [0.29, 0.717) is 11.1 Å². The fourth-order valence-corrected chi connectivity index (χ4v) is 1.24. The molecule has 0 unspecified atom stereocenters. The van der Waals surface area contributed by atoms with Crippen LogP contribution in [0.3, 0.4) is 0 Å². The van der Waals surface area contributed by atoms with E-state index in [4.69, 9.17) is 27.6 Å². The lowest BCUT2D eigenvalue weighted by Crippen LogP contribution is -2.22. The molecule has 1 aromatic carbocycles. The first-order chi connectivity index (χ1) is 7.01. The fraction of sp³-hybridized carbons (Fsp3) is 0.125. The summed E-state index contributed by atoms with van der Waals surface area (Å²) in [4.78, 5) is 13.5. The van der Waals surface area contributed by atoms with Gasteiger partial charge in [-0.05, 0) is 35.3 Å². The molecule has 1 aromatic heterocycles. The first-order valence-corrected chi connectivity index (χ1v) is 4.66. The van der Waals surface area contributed by atoms with Gasteiger partial charge in [-0.2, -0.15) is 0 Å². The van der Waals surface area contributed by atoms with Crippen LogP contribution < -0.4 is 0 Å². The number of benzene rings is 1. The normalized spacial score (nSPS) is 11.9. The van der Waals surface area contributed by atoms with Crippen LogP contribution in [0.2, 0.25) is 0 Å². The Morgan fingerprint density at radius 3 is 2.67 bits per heavy atom. The summed E-state index contributed by atoms with van der Waals surface area (Å²) in [6.07, 6.45) is 0. The molecule has 0 bridgehead atoms. The van der Waals surface area contributed by atoms with Crippen molar-refractivity contribution in [3.05, 3.63) is 40.3 Å². The van der Waals surface area contributed by atoms with Crippen LogP contribution in [0.5, 0.6) is 0 Å². The molecule has 78 valence electrons. The summed E-state index contributed by atoms with van der Waals surface area (Å²) >= 11 is 11.0. The first kappa shape index (κ1) is 10.2. The number of rotatable bonds is 2. The summed E-state index contributed by atoms with van der Waals surface area (Å²) in [6, 6.07) is 6.71. The zero-order valence-corrected chi connectivity index (χ0v) is 8.70. The van der Waals surface area contributed by atoms with Crippen LogP contribution in [0, 0.1) is 10.1 Å². The van der Waals surface area contributed by atoms with E-state index >= 15 is 0 Å². The second-order valence-electron chi connectivity index (χ2n) is 2.79. The van der Waals surface area contributed by atoms with Gasteiger partial charge in [-0.15, -0.1) is 0 Å². The van der Waals surface area contributed by atoms with Gasteiger partial charge in [0.1, 0.15) is 5.52 Å². The Labute approximate surface area is 93.8 Å². The molecule has 0 amide bonds. The van der Waals surface area contributed by atoms with Gasteiger partial charge in [-0.3, -0.25) is 10.1 Å². The van der Waals surface area contributed by atoms with Crippen LogP contribution in [0.25, 0.3) is 11.1 Å². The second-order valence-corrected chi connectivity index (χ2v) is 4.07. The lowest BCUT2D eigenvalue weighted by atomic mass is 10.3. The zero-order valence-electron chi connectivity index (χ0n) is 7.18. The molecule has 1 heterocycles. The van der Waals surface area contributed by atoms with Crippen LogP contribution >= 0.6 is 23.2 Å². The van der Waals surface area contributed by atoms with Gasteiger partial charge in [-0.25, -0.2) is 4.98 Å². The molecule has 0 saturated heterocycles. The van der Waals surface area contributed by atoms with Crippen LogP contribution in [-0.4, -0.2) is 9.91 Å². The van der Waals surface area contributed by atoms with Gasteiger partial charge in [0.2, 0.25) is 0 Å². The Morgan fingerprint density at radius 2 is 2.07 bits per heavy atom. The Kier molecular flexibility index (Phi) is 2.28. The lowest BCUT2D eigenvalue weighted by molar-refractivity contribution is -0.526.